The number of ether oxygens (including phenoxy) is 1. The third-order valence-electron chi connectivity index (χ3n) is 2.20. The molecule has 1 rings (SSSR count). The predicted octanol–water partition coefficient (Wildman–Crippen LogP) is 2.89. The standard InChI is InChI=1S/C12H19NO/c1-3-6-12(13)10-7-5-8-11(9-10)14-4-2/h5,7-9,12H,3-4,6,13H2,1-2H3/t12-/m0/s1. The minimum Gasteiger partial charge on any atom is -0.494 e. The quantitative estimate of drug-likeness (QED) is 0.780. The van der Waals surface area contributed by atoms with Gasteiger partial charge in [-0.05, 0) is 31.0 Å². The van der Waals surface area contributed by atoms with Gasteiger partial charge in [0.1, 0.15) is 5.75 Å². The van der Waals surface area contributed by atoms with Crippen molar-refractivity contribution in [1.82, 2.24) is 0 Å². The highest BCUT2D eigenvalue weighted by molar-refractivity contribution is 5.30. The van der Waals surface area contributed by atoms with E-state index in [1.54, 1.807) is 0 Å². The molecule has 0 bridgehead atoms. The minimum absolute atomic E-state index is 0.139. The van der Waals surface area contributed by atoms with Crippen molar-refractivity contribution in [2.75, 3.05) is 6.61 Å². The van der Waals surface area contributed by atoms with Crippen LogP contribution in [0.25, 0.3) is 0 Å². The van der Waals surface area contributed by atoms with Gasteiger partial charge >= 0.3 is 0 Å². The first kappa shape index (κ1) is 11.1. The average molecular weight is 193 g/mol. The Bertz CT molecular complexity index is 273. The summed E-state index contributed by atoms with van der Waals surface area (Å²) in [5.74, 6) is 0.913. The highest BCUT2D eigenvalue weighted by Crippen LogP contribution is 2.20. The predicted molar refractivity (Wildman–Crippen MR) is 59.4 cm³/mol. The van der Waals surface area contributed by atoms with E-state index in [1.165, 1.54) is 0 Å². The first-order chi connectivity index (χ1) is 6.77. The average Bonchev–Trinajstić information content (AvgIpc) is 2.19. The molecule has 1 atom stereocenters. The van der Waals surface area contributed by atoms with Crippen molar-refractivity contribution in [2.45, 2.75) is 32.7 Å². The summed E-state index contributed by atoms with van der Waals surface area (Å²) in [6.45, 7) is 4.83. The van der Waals surface area contributed by atoms with E-state index in [-0.39, 0.29) is 6.04 Å². The Hall–Kier alpha value is -1.02. The number of hydrogen-bond acceptors (Lipinski definition) is 2. The molecule has 0 aliphatic carbocycles. The molecule has 1 aromatic rings. The van der Waals surface area contributed by atoms with E-state index >= 15 is 0 Å². The van der Waals surface area contributed by atoms with Crippen LogP contribution in [0.2, 0.25) is 0 Å². The first-order valence-corrected chi connectivity index (χ1v) is 5.26. The topological polar surface area (TPSA) is 35.2 Å². The molecular weight excluding hydrogens is 174 g/mol. The summed E-state index contributed by atoms with van der Waals surface area (Å²) in [4.78, 5) is 0. The molecule has 14 heavy (non-hydrogen) atoms. The second-order valence-electron chi connectivity index (χ2n) is 3.40. The molecule has 0 saturated heterocycles. The molecule has 0 aromatic heterocycles. The SMILES string of the molecule is CCC[C@H](N)c1cccc(OCC)c1. The molecule has 0 radical (unpaired) electrons. The molecule has 0 unspecified atom stereocenters. The van der Waals surface area contributed by atoms with Crippen LogP contribution in [-0.4, -0.2) is 6.61 Å². The molecule has 2 nitrogen and oxygen atoms in total. The molecule has 0 aliphatic heterocycles. The molecule has 78 valence electrons. The maximum absolute atomic E-state index is 6.02. The van der Waals surface area contributed by atoms with Crippen LogP contribution in [0.5, 0.6) is 5.75 Å². The van der Waals surface area contributed by atoms with E-state index in [4.69, 9.17) is 10.5 Å². The van der Waals surface area contributed by atoms with Gasteiger partial charge in [0, 0.05) is 6.04 Å². The third-order valence-corrected chi connectivity index (χ3v) is 2.20. The molecule has 2 N–H and O–H groups in total. The van der Waals surface area contributed by atoms with E-state index in [9.17, 15) is 0 Å². The van der Waals surface area contributed by atoms with Crippen molar-refractivity contribution in [3.63, 3.8) is 0 Å². The van der Waals surface area contributed by atoms with Crippen molar-refractivity contribution in [1.29, 1.82) is 0 Å². The maximum atomic E-state index is 6.02. The van der Waals surface area contributed by atoms with Crippen LogP contribution >= 0.6 is 0 Å². The van der Waals surface area contributed by atoms with E-state index in [2.05, 4.69) is 13.0 Å². The molecule has 0 spiro atoms. The van der Waals surface area contributed by atoms with Crippen molar-refractivity contribution < 1.29 is 4.74 Å². The summed E-state index contributed by atoms with van der Waals surface area (Å²) < 4.78 is 5.42. The highest BCUT2D eigenvalue weighted by atomic mass is 16.5. The molecule has 0 fully saturated rings. The Morgan fingerprint density at radius 3 is 2.79 bits per heavy atom. The smallest absolute Gasteiger partial charge is 0.119 e. The fourth-order valence-electron chi connectivity index (χ4n) is 1.48. The van der Waals surface area contributed by atoms with Gasteiger partial charge < -0.3 is 10.5 Å². The molecular formula is C12H19NO. The molecule has 0 saturated carbocycles. The molecule has 1 aromatic carbocycles. The van der Waals surface area contributed by atoms with Gasteiger partial charge in [-0.3, -0.25) is 0 Å². The van der Waals surface area contributed by atoms with Gasteiger partial charge in [-0.2, -0.15) is 0 Å². The van der Waals surface area contributed by atoms with Crippen LogP contribution < -0.4 is 10.5 Å². The first-order valence-electron chi connectivity index (χ1n) is 5.26. The second kappa shape index (κ2) is 5.66. The molecule has 2 heteroatoms. The van der Waals surface area contributed by atoms with E-state index < -0.39 is 0 Å². The normalized spacial score (nSPS) is 12.5. The molecule has 0 heterocycles. The van der Waals surface area contributed by atoms with Crippen molar-refractivity contribution in [3.8, 4) is 5.75 Å². The lowest BCUT2D eigenvalue weighted by atomic mass is 10.0. The van der Waals surface area contributed by atoms with Crippen LogP contribution in [0.15, 0.2) is 24.3 Å². The van der Waals surface area contributed by atoms with E-state index in [0.717, 1.165) is 24.2 Å². The van der Waals surface area contributed by atoms with Gasteiger partial charge in [0.2, 0.25) is 0 Å². The Labute approximate surface area is 86.1 Å². The van der Waals surface area contributed by atoms with Crippen LogP contribution in [0.1, 0.15) is 38.3 Å². The summed E-state index contributed by atoms with van der Waals surface area (Å²) in [5.41, 5.74) is 7.18. The van der Waals surface area contributed by atoms with Gasteiger partial charge in [-0.1, -0.05) is 25.5 Å². The van der Waals surface area contributed by atoms with Gasteiger partial charge in [-0.25, -0.2) is 0 Å². The van der Waals surface area contributed by atoms with Gasteiger partial charge in [0.05, 0.1) is 6.61 Å². The van der Waals surface area contributed by atoms with E-state index in [0.29, 0.717) is 6.61 Å². The minimum atomic E-state index is 0.139. The van der Waals surface area contributed by atoms with Crippen molar-refractivity contribution >= 4 is 0 Å². The Morgan fingerprint density at radius 2 is 2.14 bits per heavy atom. The van der Waals surface area contributed by atoms with Crippen molar-refractivity contribution in [3.05, 3.63) is 29.8 Å². The summed E-state index contributed by atoms with van der Waals surface area (Å²) in [5, 5.41) is 0. The Kier molecular flexibility index (Phi) is 4.47. The fraction of sp³-hybridized carbons (Fsp3) is 0.500. The molecule has 0 aliphatic rings. The largest absolute Gasteiger partial charge is 0.494 e. The van der Waals surface area contributed by atoms with Crippen LogP contribution in [-0.2, 0) is 0 Å². The zero-order chi connectivity index (χ0) is 10.4. The number of benzene rings is 1. The highest BCUT2D eigenvalue weighted by Gasteiger charge is 2.05. The third kappa shape index (κ3) is 3.04. The summed E-state index contributed by atoms with van der Waals surface area (Å²) in [6, 6.07) is 8.19. The number of rotatable bonds is 5. The summed E-state index contributed by atoms with van der Waals surface area (Å²) in [6.07, 6.45) is 2.13. The number of nitrogens with two attached hydrogens (primary N) is 1. The van der Waals surface area contributed by atoms with Crippen LogP contribution in [0.3, 0.4) is 0 Å². The lowest BCUT2D eigenvalue weighted by Crippen LogP contribution is -2.09. The Morgan fingerprint density at radius 1 is 1.36 bits per heavy atom. The maximum Gasteiger partial charge on any atom is 0.119 e. The van der Waals surface area contributed by atoms with Gasteiger partial charge in [0.25, 0.3) is 0 Å². The second-order valence-corrected chi connectivity index (χ2v) is 3.40. The molecule has 0 amide bonds. The zero-order valence-corrected chi connectivity index (χ0v) is 8.99. The van der Waals surface area contributed by atoms with Crippen molar-refractivity contribution in [2.24, 2.45) is 5.73 Å². The van der Waals surface area contributed by atoms with E-state index in [1.807, 2.05) is 25.1 Å². The van der Waals surface area contributed by atoms with Crippen LogP contribution in [0, 0.1) is 0 Å². The lowest BCUT2D eigenvalue weighted by Gasteiger charge is -2.12. The van der Waals surface area contributed by atoms with Gasteiger partial charge in [-0.15, -0.1) is 0 Å². The van der Waals surface area contributed by atoms with Gasteiger partial charge in [0.15, 0.2) is 0 Å². The van der Waals surface area contributed by atoms with Crippen LogP contribution in [0.4, 0.5) is 0 Å². The fourth-order valence-corrected chi connectivity index (χ4v) is 1.48. The summed E-state index contributed by atoms with van der Waals surface area (Å²) >= 11 is 0. The zero-order valence-electron chi connectivity index (χ0n) is 8.99. The summed E-state index contributed by atoms with van der Waals surface area (Å²) in [7, 11) is 0. The number of hydrogen-bond donors (Lipinski definition) is 1. The lowest BCUT2D eigenvalue weighted by molar-refractivity contribution is 0.339. The Balaban J connectivity index is 2.71. The monoisotopic (exact) mass is 193 g/mol.